The third-order valence-electron chi connectivity index (χ3n) is 5.02. The van der Waals surface area contributed by atoms with Crippen LogP contribution < -0.4 is 10.6 Å². The molecule has 0 saturated carbocycles. The molecule has 156 valence electrons. The Balaban J connectivity index is 1.59. The monoisotopic (exact) mass is 404 g/mol. The molecule has 0 spiro atoms. The van der Waals surface area contributed by atoms with Crippen LogP contribution in [0.3, 0.4) is 0 Å². The van der Waals surface area contributed by atoms with Gasteiger partial charge in [0.2, 0.25) is 11.8 Å². The number of phenols is 1. The Kier molecular flexibility index (Phi) is 7.84. The number of amides is 2. The van der Waals surface area contributed by atoms with Crippen LogP contribution in [0.1, 0.15) is 30.4 Å². The lowest BCUT2D eigenvalue weighted by Crippen LogP contribution is -2.48. The SMILES string of the molecule is O=C(Cc1ccc(O)cc1)N[C@@H](Cc1ccccc1)C(=O)NCCC1=CCCC=C1. The second-order valence-electron chi connectivity index (χ2n) is 7.45. The standard InChI is InChI=1S/C25H28N2O3/c28-22-13-11-21(12-14-22)18-24(29)27-23(17-20-9-5-2-6-10-20)25(30)26-16-15-19-7-3-1-4-8-19/h2-3,5-14,23,28H,1,4,15-18H2,(H,26,30)(H,27,29)/t23-/m0/s1. The van der Waals surface area contributed by atoms with Crippen LogP contribution in [0.5, 0.6) is 5.75 Å². The molecule has 30 heavy (non-hydrogen) atoms. The lowest BCUT2D eigenvalue weighted by atomic mass is 10.0. The Labute approximate surface area is 177 Å². The van der Waals surface area contributed by atoms with Gasteiger partial charge in [0.1, 0.15) is 11.8 Å². The zero-order valence-electron chi connectivity index (χ0n) is 17.0. The summed E-state index contributed by atoms with van der Waals surface area (Å²) in [5, 5.41) is 15.2. The maximum Gasteiger partial charge on any atom is 0.242 e. The second-order valence-corrected chi connectivity index (χ2v) is 7.45. The van der Waals surface area contributed by atoms with Crippen LogP contribution in [-0.4, -0.2) is 29.5 Å². The van der Waals surface area contributed by atoms with E-state index in [-0.39, 0.29) is 24.0 Å². The molecule has 5 nitrogen and oxygen atoms in total. The van der Waals surface area contributed by atoms with E-state index < -0.39 is 6.04 Å². The van der Waals surface area contributed by atoms with Crippen molar-refractivity contribution in [2.75, 3.05) is 6.54 Å². The molecule has 0 fully saturated rings. The van der Waals surface area contributed by atoms with Crippen LogP contribution in [0.2, 0.25) is 0 Å². The summed E-state index contributed by atoms with van der Waals surface area (Å²) >= 11 is 0. The smallest absolute Gasteiger partial charge is 0.242 e. The zero-order valence-corrected chi connectivity index (χ0v) is 17.0. The van der Waals surface area contributed by atoms with Crippen molar-refractivity contribution in [1.29, 1.82) is 0 Å². The molecule has 0 radical (unpaired) electrons. The Morgan fingerprint density at radius 2 is 1.73 bits per heavy atom. The highest BCUT2D eigenvalue weighted by molar-refractivity contribution is 5.88. The van der Waals surface area contributed by atoms with Gasteiger partial charge in [-0.2, -0.15) is 0 Å². The number of hydrogen-bond acceptors (Lipinski definition) is 3. The van der Waals surface area contributed by atoms with E-state index in [0.717, 1.165) is 30.4 Å². The highest BCUT2D eigenvalue weighted by Gasteiger charge is 2.21. The summed E-state index contributed by atoms with van der Waals surface area (Å²) < 4.78 is 0. The van der Waals surface area contributed by atoms with Crippen molar-refractivity contribution in [1.82, 2.24) is 10.6 Å². The Hall–Kier alpha value is -3.34. The van der Waals surface area contributed by atoms with Crippen LogP contribution in [-0.2, 0) is 22.4 Å². The minimum absolute atomic E-state index is 0.149. The number of hydrogen-bond donors (Lipinski definition) is 3. The summed E-state index contributed by atoms with van der Waals surface area (Å²) in [7, 11) is 0. The van der Waals surface area contributed by atoms with Gasteiger partial charge in [-0.15, -0.1) is 0 Å². The average Bonchev–Trinajstić information content (AvgIpc) is 2.76. The molecule has 3 rings (SSSR count). The van der Waals surface area contributed by atoms with Gasteiger partial charge in [-0.1, -0.05) is 66.3 Å². The molecule has 0 heterocycles. The van der Waals surface area contributed by atoms with Crippen LogP contribution >= 0.6 is 0 Å². The van der Waals surface area contributed by atoms with Crippen molar-refractivity contribution in [2.45, 2.75) is 38.1 Å². The molecular formula is C25H28N2O3. The quantitative estimate of drug-likeness (QED) is 0.599. The Bertz CT molecular complexity index is 902. The van der Waals surface area contributed by atoms with Gasteiger partial charge in [0.05, 0.1) is 6.42 Å². The van der Waals surface area contributed by atoms with Gasteiger partial charge in [-0.25, -0.2) is 0 Å². The summed E-state index contributed by atoms with van der Waals surface area (Å²) in [4.78, 5) is 25.4. The van der Waals surface area contributed by atoms with Gasteiger partial charge in [-0.05, 0) is 42.5 Å². The fourth-order valence-electron chi connectivity index (χ4n) is 3.41. The van der Waals surface area contributed by atoms with Crippen molar-refractivity contribution >= 4 is 11.8 Å². The lowest BCUT2D eigenvalue weighted by molar-refractivity contribution is -0.128. The highest BCUT2D eigenvalue weighted by Crippen LogP contribution is 2.13. The van der Waals surface area contributed by atoms with Crippen molar-refractivity contribution in [3.8, 4) is 5.75 Å². The number of nitrogens with one attached hydrogen (secondary N) is 2. The Morgan fingerprint density at radius 1 is 0.967 bits per heavy atom. The topological polar surface area (TPSA) is 78.4 Å². The van der Waals surface area contributed by atoms with Gasteiger partial charge in [0, 0.05) is 13.0 Å². The number of allylic oxidation sites excluding steroid dienone is 3. The Morgan fingerprint density at radius 3 is 2.43 bits per heavy atom. The summed E-state index contributed by atoms with van der Waals surface area (Å²) in [5.74, 6) is -0.253. The maximum atomic E-state index is 12.8. The number of rotatable bonds is 9. The first-order chi connectivity index (χ1) is 14.6. The molecule has 1 aliphatic carbocycles. The summed E-state index contributed by atoms with van der Waals surface area (Å²) in [6.45, 7) is 0.536. The van der Waals surface area contributed by atoms with Crippen molar-refractivity contribution in [3.05, 3.63) is 89.5 Å². The van der Waals surface area contributed by atoms with Crippen molar-refractivity contribution in [2.24, 2.45) is 0 Å². The fraction of sp³-hybridized carbons (Fsp3) is 0.280. The molecule has 0 aliphatic heterocycles. The zero-order chi connectivity index (χ0) is 21.2. The van der Waals surface area contributed by atoms with E-state index in [4.69, 9.17) is 0 Å². The fourth-order valence-corrected chi connectivity index (χ4v) is 3.41. The number of carbonyl (C=O) groups excluding carboxylic acids is 2. The number of aromatic hydroxyl groups is 1. The summed E-state index contributed by atoms with van der Waals surface area (Å²) in [6, 6.07) is 15.5. The number of phenolic OH excluding ortho intramolecular Hbond substituents is 1. The molecule has 0 unspecified atom stereocenters. The number of benzene rings is 2. The third-order valence-corrected chi connectivity index (χ3v) is 5.02. The largest absolute Gasteiger partial charge is 0.508 e. The molecule has 0 bridgehead atoms. The van der Waals surface area contributed by atoms with E-state index in [0.29, 0.717) is 13.0 Å². The van der Waals surface area contributed by atoms with Gasteiger partial charge in [0.15, 0.2) is 0 Å². The van der Waals surface area contributed by atoms with Gasteiger partial charge in [-0.3, -0.25) is 9.59 Å². The van der Waals surface area contributed by atoms with Gasteiger partial charge in [0.25, 0.3) is 0 Å². The molecule has 0 saturated heterocycles. The van der Waals surface area contributed by atoms with Crippen molar-refractivity contribution < 1.29 is 14.7 Å². The molecule has 2 aromatic rings. The van der Waals surface area contributed by atoms with Crippen LogP contribution in [0.25, 0.3) is 0 Å². The van der Waals surface area contributed by atoms with Crippen LogP contribution in [0, 0.1) is 0 Å². The molecule has 5 heteroatoms. The van der Waals surface area contributed by atoms with E-state index in [9.17, 15) is 14.7 Å². The summed E-state index contributed by atoms with van der Waals surface area (Å²) in [6.07, 6.45) is 9.93. The van der Waals surface area contributed by atoms with E-state index in [1.807, 2.05) is 30.3 Å². The van der Waals surface area contributed by atoms with Crippen LogP contribution in [0.4, 0.5) is 0 Å². The van der Waals surface area contributed by atoms with E-state index >= 15 is 0 Å². The maximum absolute atomic E-state index is 12.8. The minimum Gasteiger partial charge on any atom is -0.508 e. The van der Waals surface area contributed by atoms with Gasteiger partial charge < -0.3 is 15.7 Å². The first kappa shape index (κ1) is 21.4. The molecule has 1 atom stereocenters. The van der Waals surface area contributed by atoms with E-state index in [2.05, 4.69) is 28.9 Å². The second kappa shape index (κ2) is 11.0. The molecule has 0 aromatic heterocycles. The summed E-state index contributed by atoms with van der Waals surface area (Å²) in [5.41, 5.74) is 3.00. The molecule has 1 aliphatic rings. The number of carbonyl (C=O) groups is 2. The molecular weight excluding hydrogens is 376 g/mol. The predicted octanol–water partition coefficient (Wildman–Crippen LogP) is 3.44. The van der Waals surface area contributed by atoms with Crippen molar-refractivity contribution in [3.63, 3.8) is 0 Å². The molecule has 2 amide bonds. The predicted molar refractivity (Wildman–Crippen MR) is 118 cm³/mol. The average molecular weight is 405 g/mol. The van der Waals surface area contributed by atoms with E-state index in [1.54, 1.807) is 24.3 Å². The van der Waals surface area contributed by atoms with E-state index in [1.165, 1.54) is 5.57 Å². The highest BCUT2D eigenvalue weighted by atomic mass is 16.3. The third kappa shape index (κ3) is 6.92. The molecule has 3 N–H and O–H groups in total. The minimum atomic E-state index is -0.645. The first-order valence-corrected chi connectivity index (χ1v) is 10.3. The first-order valence-electron chi connectivity index (χ1n) is 10.3. The van der Waals surface area contributed by atoms with Crippen LogP contribution in [0.15, 0.2) is 78.4 Å². The van der Waals surface area contributed by atoms with Gasteiger partial charge >= 0.3 is 0 Å². The molecule has 2 aromatic carbocycles. The normalized spacial score (nSPS) is 13.9. The lowest BCUT2D eigenvalue weighted by Gasteiger charge is -2.19.